The van der Waals surface area contributed by atoms with E-state index in [1.54, 1.807) is 18.2 Å². The third-order valence-corrected chi connectivity index (χ3v) is 2.26. The fourth-order valence-electron chi connectivity index (χ4n) is 1.18. The van der Waals surface area contributed by atoms with Crippen LogP contribution in [-0.4, -0.2) is 16.2 Å². The van der Waals surface area contributed by atoms with Gasteiger partial charge in [0.15, 0.2) is 0 Å². The first-order valence-electron chi connectivity index (χ1n) is 4.66. The van der Waals surface area contributed by atoms with E-state index in [4.69, 9.17) is 16.3 Å². The van der Waals surface area contributed by atoms with Crippen LogP contribution in [0.2, 0.25) is 5.02 Å². The van der Waals surface area contributed by atoms with Crippen molar-refractivity contribution in [2.45, 2.75) is 6.61 Å². The van der Waals surface area contributed by atoms with E-state index in [1.807, 2.05) is 12.1 Å². The number of nitrogens with one attached hydrogen (secondary N) is 1. The smallest absolute Gasteiger partial charge is 0.356 e. The lowest BCUT2D eigenvalue weighted by molar-refractivity contribution is 0.0465. The number of esters is 1. The summed E-state index contributed by atoms with van der Waals surface area (Å²) in [6.07, 6.45) is 1.50. The van der Waals surface area contributed by atoms with Crippen molar-refractivity contribution in [3.05, 3.63) is 52.8 Å². The van der Waals surface area contributed by atoms with Crippen LogP contribution in [-0.2, 0) is 11.3 Å². The second-order valence-electron chi connectivity index (χ2n) is 3.17. The highest BCUT2D eigenvalue weighted by molar-refractivity contribution is 6.30. The normalized spacial score (nSPS) is 10.1. The fraction of sp³-hybridized carbons (Fsp3) is 0.0909. The van der Waals surface area contributed by atoms with Crippen molar-refractivity contribution in [3.8, 4) is 0 Å². The first-order valence-corrected chi connectivity index (χ1v) is 5.04. The van der Waals surface area contributed by atoms with Crippen LogP contribution in [0.5, 0.6) is 0 Å². The van der Waals surface area contributed by atoms with Gasteiger partial charge in [-0.1, -0.05) is 23.7 Å². The van der Waals surface area contributed by atoms with Gasteiger partial charge in [-0.3, -0.25) is 5.10 Å². The molecule has 5 heteroatoms. The molecule has 0 bridgehead atoms. The number of halogens is 1. The molecule has 0 radical (unpaired) electrons. The van der Waals surface area contributed by atoms with E-state index in [-0.39, 0.29) is 6.61 Å². The van der Waals surface area contributed by atoms with Crippen molar-refractivity contribution < 1.29 is 9.53 Å². The molecule has 4 nitrogen and oxygen atoms in total. The van der Waals surface area contributed by atoms with E-state index < -0.39 is 5.97 Å². The zero-order valence-corrected chi connectivity index (χ0v) is 9.07. The molecule has 1 aromatic carbocycles. The molecule has 1 aromatic heterocycles. The standard InChI is InChI=1S/C11H9ClN2O2/c12-9-3-1-8(2-4-9)7-16-11(15)10-5-6-13-14-10/h1-6H,7H2,(H,13,14). The number of ether oxygens (including phenoxy) is 1. The largest absolute Gasteiger partial charge is 0.456 e. The zero-order valence-electron chi connectivity index (χ0n) is 8.31. The molecule has 2 aromatic rings. The molecular formula is C11H9ClN2O2. The van der Waals surface area contributed by atoms with Gasteiger partial charge in [-0.05, 0) is 23.8 Å². The molecule has 0 saturated carbocycles. The Labute approximate surface area is 97.2 Å². The van der Waals surface area contributed by atoms with E-state index in [1.165, 1.54) is 6.20 Å². The summed E-state index contributed by atoms with van der Waals surface area (Å²) in [7, 11) is 0. The number of H-pyrrole nitrogens is 1. The lowest BCUT2D eigenvalue weighted by atomic mass is 10.2. The average Bonchev–Trinajstić information content (AvgIpc) is 2.81. The highest BCUT2D eigenvalue weighted by atomic mass is 35.5. The first-order chi connectivity index (χ1) is 7.75. The van der Waals surface area contributed by atoms with Gasteiger partial charge in [0.2, 0.25) is 0 Å². The van der Waals surface area contributed by atoms with E-state index in [9.17, 15) is 4.79 Å². The van der Waals surface area contributed by atoms with Crippen molar-refractivity contribution in [2.75, 3.05) is 0 Å². The SMILES string of the molecule is O=C(OCc1ccc(Cl)cc1)c1ccn[nH]1. The highest BCUT2D eigenvalue weighted by Crippen LogP contribution is 2.10. The molecule has 0 aliphatic carbocycles. The van der Waals surface area contributed by atoms with Crippen LogP contribution >= 0.6 is 11.6 Å². The molecule has 1 N–H and O–H groups in total. The summed E-state index contributed by atoms with van der Waals surface area (Å²) in [6.45, 7) is 0.217. The Balaban J connectivity index is 1.93. The minimum atomic E-state index is -0.424. The molecule has 0 unspecified atom stereocenters. The average molecular weight is 237 g/mol. The minimum absolute atomic E-state index is 0.217. The Kier molecular flexibility index (Phi) is 3.22. The molecule has 0 fully saturated rings. The number of rotatable bonds is 3. The number of aromatic nitrogens is 2. The second-order valence-corrected chi connectivity index (χ2v) is 3.61. The number of benzene rings is 1. The minimum Gasteiger partial charge on any atom is -0.456 e. The molecule has 0 aliphatic heterocycles. The molecule has 2 rings (SSSR count). The molecule has 0 spiro atoms. The molecule has 0 atom stereocenters. The van der Waals surface area contributed by atoms with Gasteiger partial charge in [-0.25, -0.2) is 4.79 Å². The molecular weight excluding hydrogens is 228 g/mol. The third kappa shape index (κ3) is 2.61. The third-order valence-electron chi connectivity index (χ3n) is 2.00. The molecule has 1 heterocycles. The van der Waals surface area contributed by atoms with Crippen molar-refractivity contribution in [1.29, 1.82) is 0 Å². The van der Waals surface area contributed by atoms with Crippen LogP contribution in [0.3, 0.4) is 0 Å². The first kappa shape index (κ1) is 10.7. The Morgan fingerprint density at radius 1 is 1.31 bits per heavy atom. The quantitative estimate of drug-likeness (QED) is 0.833. The molecule has 0 saturated heterocycles. The van der Waals surface area contributed by atoms with Crippen LogP contribution in [0.15, 0.2) is 36.5 Å². The number of nitrogens with zero attached hydrogens (tertiary/aromatic N) is 1. The van der Waals surface area contributed by atoms with Crippen LogP contribution in [0.4, 0.5) is 0 Å². The van der Waals surface area contributed by atoms with E-state index in [0.717, 1.165) is 5.56 Å². The number of hydrogen-bond donors (Lipinski definition) is 1. The van der Waals surface area contributed by atoms with Gasteiger partial charge in [0.25, 0.3) is 0 Å². The van der Waals surface area contributed by atoms with Gasteiger partial charge in [0.1, 0.15) is 12.3 Å². The summed E-state index contributed by atoms with van der Waals surface area (Å²) in [5, 5.41) is 6.86. The van der Waals surface area contributed by atoms with Crippen molar-refractivity contribution >= 4 is 17.6 Å². The Morgan fingerprint density at radius 2 is 2.06 bits per heavy atom. The van der Waals surface area contributed by atoms with E-state index in [2.05, 4.69) is 10.2 Å². The Morgan fingerprint density at radius 3 is 2.69 bits per heavy atom. The molecule has 0 amide bonds. The van der Waals surface area contributed by atoms with E-state index >= 15 is 0 Å². The lowest BCUT2D eigenvalue weighted by Gasteiger charge is -2.03. The zero-order chi connectivity index (χ0) is 11.4. The van der Waals surface area contributed by atoms with Crippen molar-refractivity contribution in [1.82, 2.24) is 10.2 Å². The topological polar surface area (TPSA) is 55.0 Å². The monoisotopic (exact) mass is 236 g/mol. The summed E-state index contributed by atoms with van der Waals surface area (Å²) in [4.78, 5) is 11.4. The van der Waals surface area contributed by atoms with Gasteiger partial charge in [0.05, 0.1) is 0 Å². The van der Waals surface area contributed by atoms with Gasteiger partial charge in [-0.2, -0.15) is 5.10 Å². The number of carbonyl (C=O) groups excluding carboxylic acids is 1. The predicted octanol–water partition coefficient (Wildman–Crippen LogP) is 2.42. The highest BCUT2D eigenvalue weighted by Gasteiger charge is 2.07. The van der Waals surface area contributed by atoms with E-state index in [0.29, 0.717) is 10.7 Å². The number of hydrogen-bond acceptors (Lipinski definition) is 3. The fourth-order valence-corrected chi connectivity index (χ4v) is 1.30. The van der Waals surface area contributed by atoms with Gasteiger partial charge in [0, 0.05) is 11.2 Å². The molecule has 16 heavy (non-hydrogen) atoms. The van der Waals surface area contributed by atoms with Crippen molar-refractivity contribution in [2.24, 2.45) is 0 Å². The predicted molar refractivity (Wildman–Crippen MR) is 59.2 cm³/mol. The Bertz CT molecular complexity index is 465. The van der Waals surface area contributed by atoms with Crippen molar-refractivity contribution in [3.63, 3.8) is 0 Å². The summed E-state index contributed by atoms with van der Waals surface area (Å²) >= 11 is 5.73. The maximum absolute atomic E-state index is 11.4. The number of aromatic amines is 1. The van der Waals surface area contributed by atoms with Crippen LogP contribution in [0.25, 0.3) is 0 Å². The Hall–Kier alpha value is -1.81. The maximum Gasteiger partial charge on any atom is 0.356 e. The van der Waals surface area contributed by atoms with Gasteiger partial charge >= 0.3 is 5.97 Å². The summed E-state index contributed by atoms with van der Waals surface area (Å²) in [6, 6.07) is 8.68. The van der Waals surface area contributed by atoms with Crippen LogP contribution in [0.1, 0.15) is 16.1 Å². The van der Waals surface area contributed by atoms with Gasteiger partial charge in [-0.15, -0.1) is 0 Å². The maximum atomic E-state index is 11.4. The van der Waals surface area contributed by atoms with Crippen LogP contribution < -0.4 is 0 Å². The summed E-state index contributed by atoms with van der Waals surface area (Å²) < 4.78 is 5.06. The lowest BCUT2D eigenvalue weighted by Crippen LogP contribution is -2.05. The number of carbonyl (C=O) groups is 1. The summed E-state index contributed by atoms with van der Waals surface area (Å²) in [5.41, 5.74) is 1.23. The van der Waals surface area contributed by atoms with Gasteiger partial charge < -0.3 is 4.74 Å². The molecule has 82 valence electrons. The molecule has 0 aliphatic rings. The second kappa shape index (κ2) is 4.81. The summed E-state index contributed by atoms with van der Waals surface area (Å²) in [5.74, 6) is -0.424. The van der Waals surface area contributed by atoms with Crippen LogP contribution in [0, 0.1) is 0 Å².